The molecular weight excluding hydrogens is 272 g/mol. The number of carbonyl (C=O) groups excluding carboxylic acids is 1. The van der Waals surface area contributed by atoms with Crippen molar-refractivity contribution in [3.63, 3.8) is 0 Å². The smallest absolute Gasteiger partial charge is 0.263 e. The predicted molar refractivity (Wildman–Crippen MR) is 84.4 cm³/mol. The maximum Gasteiger partial charge on any atom is 0.263 e. The molecule has 1 aromatic heterocycles. The number of nitrogen functional groups attached to an aromatic ring is 1. The van der Waals surface area contributed by atoms with Crippen LogP contribution in [0.2, 0.25) is 0 Å². The van der Waals surface area contributed by atoms with E-state index < -0.39 is 0 Å². The van der Waals surface area contributed by atoms with Gasteiger partial charge in [0, 0.05) is 22.7 Å². The molecule has 2 aromatic rings. The quantitative estimate of drug-likeness (QED) is 0.890. The van der Waals surface area contributed by atoms with E-state index in [2.05, 4.69) is 5.32 Å². The average molecular weight is 292 g/mol. The number of rotatable bonds is 5. The Labute approximate surface area is 122 Å². The first kappa shape index (κ1) is 14.8. The minimum Gasteiger partial charge on any atom is -0.397 e. The SMILES string of the molecule is CCOCC(C)NC(=O)c1sc2c(C)cccc2c1N. The van der Waals surface area contributed by atoms with E-state index >= 15 is 0 Å². The van der Waals surface area contributed by atoms with Crippen molar-refractivity contribution in [1.82, 2.24) is 5.32 Å². The number of anilines is 1. The Hall–Kier alpha value is -1.59. The molecule has 108 valence electrons. The summed E-state index contributed by atoms with van der Waals surface area (Å²) in [5.41, 5.74) is 7.81. The number of ether oxygens (including phenoxy) is 1. The van der Waals surface area contributed by atoms with Crippen LogP contribution in [0.4, 0.5) is 5.69 Å². The van der Waals surface area contributed by atoms with E-state index in [0.29, 0.717) is 23.8 Å². The normalized spacial score (nSPS) is 12.6. The van der Waals surface area contributed by atoms with Gasteiger partial charge in [-0.15, -0.1) is 11.3 Å². The molecule has 1 aromatic carbocycles. The van der Waals surface area contributed by atoms with Gasteiger partial charge in [-0.05, 0) is 26.3 Å². The Morgan fingerprint density at radius 3 is 2.90 bits per heavy atom. The van der Waals surface area contributed by atoms with E-state index in [0.717, 1.165) is 15.6 Å². The third-order valence-electron chi connectivity index (χ3n) is 3.11. The standard InChI is InChI=1S/C15H20N2O2S/c1-4-19-8-10(3)17-15(18)14-12(16)11-7-5-6-9(2)13(11)20-14/h5-7,10H,4,8,16H2,1-3H3,(H,17,18). The first-order chi connectivity index (χ1) is 9.54. The molecule has 20 heavy (non-hydrogen) atoms. The highest BCUT2D eigenvalue weighted by molar-refractivity contribution is 7.21. The van der Waals surface area contributed by atoms with Crippen molar-refractivity contribution >= 4 is 33.0 Å². The molecule has 0 aliphatic rings. The number of benzene rings is 1. The number of thiophene rings is 1. The molecule has 1 heterocycles. The lowest BCUT2D eigenvalue weighted by Gasteiger charge is -2.13. The van der Waals surface area contributed by atoms with Gasteiger partial charge in [-0.3, -0.25) is 4.79 Å². The maximum atomic E-state index is 12.3. The second-order valence-corrected chi connectivity index (χ2v) is 5.85. The summed E-state index contributed by atoms with van der Waals surface area (Å²) >= 11 is 1.45. The summed E-state index contributed by atoms with van der Waals surface area (Å²) in [4.78, 5) is 12.9. The topological polar surface area (TPSA) is 64.3 Å². The second-order valence-electron chi connectivity index (χ2n) is 4.83. The number of amides is 1. The third-order valence-corrected chi connectivity index (χ3v) is 4.46. The van der Waals surface area contributed by atoms with Crippen molar-refractivity contribution in [1.29, 1.82) is 0 Å². The number of fused-ring (bicyclic) bond motifs is 1. The molecule has 0 spiro atoms. The molecule has 0 saturated carbocycles. The highest BCUT2D eigenvalue weighted by atomic mass is 32.1. The van der Waals surface area contributed by atoms with Crippen LogP contribution in [0.15, 0.2) is 18.2 Å². The monoisotopic (exact) mass is 292 g/mol. The Morgan fingerprint density at radius 1 is 1.50 bits per heavy atom. The molecule has 3 N–H and O–H groups in total. The zero-order valence-electron chi connectivity index (χ0n) is 12.0. The molecule has 2 rings (SSSR count). The fraction of sp³-hybridized carbons (Fsp3) is 0.400. The third kappa shape index (κ3) is 2.94. The molecule has 0 aliphatic heterocycles. The van der Waals surface area contributed by atoms with Crippen molar-refractivity contribution in [3.05, 3.63) is 28.6 Å². The van der Waals surface area contributed by atoms with Crippen molar-refractivity contribution in [3.8, 4) is 0 Å². The van der Waals surface area contributed by atoms with Crippen LogP contribution in [-0.4, -0.2) is 25.2 Å². The summed E-state index contributed by atoms with van der Waals surface area (Å²) in [6, 6.07) is 5.90. The molecular formula is C15H20N2O2S. The fourth-order valence-corrected chi connectivity index (χ4v) is 3.17. The number of nitrogens with one attached hydrogen (secondary N) is 1. The van der Waals surface area contributed by atoms with Crippen molar-refractivity contribution in [2.45, 2.75) is 26.8 Å². The minimum atomic E-state index is -0.129. The lowest BCUT2D eigenvalue weighted by atomic mass is 10.1. The number of aryl methyl sites for hydroxylation is 1. The number of hydrogen-bond acceptors (Lipinski definition) is 4. The van der Waals surface area contributed by atoms with Gasteiger partial charge in [-0.1, -0.05) is 18.2 Å². The summed E-state index contributed by atoms with van der Waals surface area (Å²) in [7, 11) is 0. The first-order valence-electron chi connectivity index (χ1n) is 6.70. The number of nitrogens with two attached hydrogens (primary N) is 1. The molecule has 0 saturated heterocycles. The first-order valence-corrected chi connectivity index (χ1v) is 7.52. The van der Waals surface area contributed by atoms with Crippen LogP contribution in [0, 0.1) is 6.92 Å². The van der Waals surface area contributed by atoms with Crippen molar-refractivity contribution in [2.75, 3.05) is 18.9 Å². The van der Waals surface area contributed by atoms with E-state index in [1.54, 1.807) is 0 Å². The van der Waals surface area contributed by atoms with Crippen LogP contribution in [0.5, 0.6) is 0 Å². The summed E-state index contributed by atoms with van der Waals surface area (Å²) in [5, 5.41) is 3.87. The van der Waals surface area contributed by atoms with Gasteiger partial charge in [-0.2, -0.15) is 0 Å². The number of hydrogen-bond donors (Lipinski definition) is 2. The van der Waals surface area contributed by atoms with Gasteiger partial charge < -0.3 is 15.8 Å². The van der Waals surface area contributed by atoms with Gasteiger partial charge in [0.15, 0.2) is 0 Å². The van der Waals surface area contributed by atoms with Gasteiger partial charge in [0.2, 0.25) is 0 Å². The Morgan fingerprint density at radius 2 is 2.25 bits per heavy atom. The maximum absolute atomic E-state index is 12.3. The van der Waals surface area contributed by atoms with E-state index in [1.807, 2.05) is 39.0 Å². The Bertz CT molecular complexity index is 622. The van der Waals surface area contributed by atoms with E-state index in [1.165, 1.54) is 11.3 Å². The van der Waals surface area contributed by atoms with Crippen LogP contribution in [0.1, 0.15) is 29.1 Å². The molecule has 4 nitrogen and oxygen atoms in total. The summed E-state index contributed by atoms with van der Waals surface area (Å²) < 4.78 is 6.37. The fourth-order valence-electron chi connectivity index (χ4n) is 2.07. The Kier molecular flexibility index (Phi) is 4.62. The zero-order valence-corrected chi connectivity index (χ0v) is 12.8. The van der Waals surface area contributed by atoms with Crippen LogP contribution in [0.25, 0.3) is 10.1 Å². The van der Waals surface area contributed by atoms with Gasteiger partial charge >= 0.3 is 0 Å². The molecule has 1 atom stereocenters. The van der Waals surface area contributed by atoms with Crippen LogP contribution in [0.3, 0.4) is 0 Å². The molecule has 0 radical (unpaired) electrons. The summed E-state index contributed by atoms with van der Waals surface area (Å²) in [5.74, 6) is -0.129. The van der Waals surface area contributed by atoms with Gasteiger partial charge in [0.05, 0.1) is 12.3 Å². The molecule has 5 heteroatoms. The molecule has 0 aliphatic carbocycles. The zero-order chi connectivity index (χ0) is 14.7. The van der Waals surface area contributed by atoms with Gasteiger partial charge in [-0.25, -0.2) is 0 Å². The van der Waals surface area contributed by atoms with Gasteiger partial charge in [0.25, 0.3) is 5.91 Å². The highest BCUT2D eigenvalue weighted by Crippen LogP contribution is 2.35. The molecule has 1 amide bonds. The largest absolute Gasteiger partial charge is 0.397 e. The lowest BCUT2D eigenvalue weighted by molar-refractivity contribution is 0.0876. The van der Waals surface area contributed by atoms with Crippen molar-refractivity contribution in [2.24, 2.45) is 0 Å². The second kappa shape index (κ2) is 6.24. The summed E-state index contributed by atoms with van der Waals surface area (Å²) in [6.07, 6.45) is 0. The van der Waals surface area contributed by atoms with E-state index in [4.69, 9.17) is 10.5 Å². The molecule has 0 bridgehead atoms. The molecule has 1 unspecified atom stereocenters. The lowest BCUT2D eigenvalue weighted by Crippen LogP contribution is -2.35. The van der Waals surface area contributed by atoms with Crippen LogP contribution in [-0.2, 0) is 4.74 Å². The predicted octanol–water partition coefficient (Wildman–Crippen LogP) is 2.95. The van der Waals surface area contributed by atoms with Crippen molar-refractivity contribution < 1.29 is 9.53 Å². The number of carbonyl (C=O) groups is 1. The van der Waals surface area contributed by atoms with E-state index in [9.17, 15) is 4.79 Å². The highest BCUT2D eigenvalue weighted by Gasteiger charge is 2.18. The van der Waals surface area contributed by atoms with Crippen LogP contribution < -0.4 is 11.1 Å². The minimum absolute atomic E-state index is 0.0341. The Balaban J connectivity index is 2.22. The van der Waals surface area contributed by atoms with E-state index in [-0.39, 0.29) is 11.9 Å². The summed E-state index contributed by atoms with van der Waals surface area (Å²) in [6.45, 7) is 7.03. The average Bonchev–Trinajstić information content (AvgIpc) is 2.76. The molecule has 0 fully saturated rings. The van der Waals surface area contributed by atoms with Gasteiger partial charge in [0.1, 0.15) is 4.88 Å². The van der Waals surface area contributed by atoms with Crippen LogP contribution >= 0.6 is 11.3 Å².